The average Bonchev–Trinajstić information content (AvgIpc) is 3.39. The largest absolute Gasteiger partial charge is 0.512 e. The molecule has 29 heavy (non-hydrogen) atoms. The van der Waals surface area contributed by atoms with Gasteiger partial charge in [0.05, 0.1) is 40.0 Å². The van der Waals surface area contributed by atoms with Gasteiger partial charge in [0.2, 0.25) is 0 Å². The first kappa shape index (κ1) is 17.6. The summed E-state index contributed by atoms with van der Waals surface area (Å²) in [5, 5.41) is 13.7. The molecule has 5 rings (SSSR count). The summed E-state index contributed by atoms with van der Waals surface area (Å²) in [4.78, 5) is 14.1. The van der Waals surface area contributed by atoms with Crippen LogP contribution in [0.25, 0.3) is 0 Å². The summed E-state index contributed by atoms with van der Waals surface area (Å²) in [6.45, 7) is 6.13. The molecule has 1 saturated heterocycles. The highest BCUT2D eigenvalue weighted by atomic mass is 16.3. The molecule has 5 heteroatoms. The third-order valence-corrected chi connectivity index (χ3v) is 5.43. The lowest BCUT2D eigenvalue weighted by Crippen LogP contribution is -2.14. The van der Waals surface area contributed by atoms with Crippen molar-refractivity contribution in [2.75, 3.05) is 0 Å². The monoisotopic (exact) mass is 382 g/mol. The average molecular weight is 382 g/mol. The van der Waals surface area contributed by atoms with Crippen LogP contribution in [-0.4, -0.2) is 22.2 Å². The van der Waals surface area contributed by atoms with Crippen LogP contribution < -0.4 is 5.32 Å². The van der Waals surface area contributed by atoms with E-state index in [0.29, 0.717) is 0 Å². The highest BCUT2D eigenvalue weighted by molar-refractivity contribution is 6.15. The molecule has 0 saturated carbocycles. The Morgan fingerprint density at radius 2 is 1.55 bits per heavy atom. The SMILES string of the molecule is C/C(O)=C1/C=C2C=C3CC(C)(C)C(=CC4=NC(=CC5=NC(=CC1=N2)C=C5)C=C4)N3. The van der Waals surface area contributed by atoms with Crippen LogP contribution in [0.4, 0.5) is 0 Å². The molecule has 0 unspecified atom stereocenters. The molecule has 2 N–H and O–H groups in total. The fourth-order valence-corrected chi connectivity index (χ4v) is 3.93. The Morgan fingerprint density at radius 1 is 0.862 bits per heavy atom. The molecule has 0 atom stereocenters. The Hall–Kier alpha value is -3.47. The van der Waals surface area contributed by atoms with E-state index in [2.05, 4.69) is 36.3 Å². The maximum absolute atomic E-state index is 10.1. The van der Waals surface area contributed by atoms with Crippen LogP contribution in [0.2, 0.25) is 0 Å². The van der Waals surface area contributed by atoms with Gasteiger partial charge < -0.3 is 10.4 Å². The minimum Gasteiger partial charge on any atom is -0.512 e. The number of allylic oxidation sites excluding steroid dienone is 13. The Morgan fingerprint density at radius 3 is 2.28 bits per heavy atom. The second-order valence-corrected chi connectivity index (χ2v) is 8.36. The van der Waals surface area contributed by atoms with Crippen molar-refractivity contribution in [3.8, 4) is 0 Å². The van der Waals surface area contributed by atoms with Gasteiger partial charge in [0.1, 0.15) is 0 Å². The molecule has 0 aliphatic carbocycles. The van der Waals surface area contributed by atoms with Gasteiger partial charge in [-0.3, -0.25) is 0 Å². The predicted octanol–water partition coefficient (Wildman–Crippen LogP) is 4.75. The van der Waals surface area contributed by atoms with Gasteiger partial charge in [0, 0.05) is 22.4 Å². The molecular weight excluding hydrogens is 360 g/mol. The summed E-state index contributed by atoms with van der Waals surface area (Å²) in [5.41, 5.74) is 7.95. The van der Waals surface area contributed by atoms with E-state index in [4.69, 9.17) is 9.98 Å². The molecule has 5 heterocycles. The zero-order chi connectivity index (χ0) is 20.2. The van der Waals surface area contributed by atoms with E-state index < -0.39 is 0 Å². The number of aliphatic hydroxyl groups excluding tert-OH is 1. The van der Waals surface area contributed by atoms with Crippen LogP contribution >= 0.6 is 0 Å². The van der Waals surface area contributed by atoms with Crippen molar-refractivity contribution in [2.24, 2.45) is 20.4 Å². The summed E-state index contributed by atoms with van der Waals surface area (Å²) in [6.07, 6.45) is 18.8. The number of hydrogen-bond acceptors (Lipinski definition) is 5. The van der Waals surface area contributed by atoms with E-state index in [0.717, 1.165) is 57.6 Å². The smallest absolute Gasteiger partial charge is 0.0986 e. The van der Waals surface area contributed by atoms with Crippen molar-refractivity contribution in [3.05, 3.63) is 94.5 Å². The molecule has 5 aliphatic rings. The van der Waals surface area contributed by atoms with Gasteiger partial charge in [-0.2, -0.15) is 0 Å². The molecule has 5 nitrogen and oxygen atoms in total. The predicted molar refractivity (Wildman–Crippen MR) is 118 cm³/mol. The number of aliphatic hydroxyl groups is 1. The van der Waals surface area contributed by atoms with E-state index in [-0.39, 0.29) is 11.2 Å². The third kappa shape index (κ3) is 3.29. The number of fused-ring (bicyclic) bond motifs is 5. The first-order valence-corrected chi connectivity index (χ1v) is 9.73. The fourth-order valence-electron chi connectivity index (χ4n) is 3.93. The van der Waals surface area contributed by atoms with Crippen molar-refractivity contribution in [1.82, 2.24) is 5.32 Å². The molecule has 0 aromatic rings. The minimum absolute atomic E-state index is 0.0201. The van der Waals surface area contributed by atoms with Gasteiger partial charge >= 0.3 is 0 Å². The van der Waals surface area contributed by atoms with Crippen molar-refractivity contribution >= 4 is 17.1 Å². The molecular formula is C24H22N4O. The van der Waals surface area contributed by atoms with Crippen LogP contribution in [0.5, 0.6) is 0 Å². The normalized spacial score (nSPS) is 25.3. The van der Waals surface area contributed by atoms with Gasteiger partial charge in [-0.15, -0.1) is 0 Å². The first-order valence-electron chi connectivity index (χ1n) is 9.73. The standard InChI is InChI=1S/C24H22N4O/c1-14(29)21-10-19-9-20-13-24(2,3)23(28-20)12-18-7-5-16(26-18)8-15-4-6-17(25-15)11-22(21)27-19/h4-12,28-29H,13H2,1-3H3/b16-8?,17-11?,20-9?,21-14+,23-12?. The highest BCUT2D eigenvalue weighted by Gasteiger charge is 2.32. The zero-order valence-electron chi connectivity index (χ0n) is 16.7. The van der Waals surface area contributed by atoms with Crippen molar-refractivity contribution in [2.45, 2.75) is 27.2 Å². The van der Waals surface area contributed by atoms with Crippen LogP contribution in [0, 0.1) is 5.41 Å². The lowest BCUT2D eigenvalue weighted by Gasteiger charge is -2.17. The molecule has 0 radical (unpaired) electrons. The first-order chi connectivity index (χ1) is 13.9. The van der Waals surface area contributed by atoms with Crippen LogP contribution in [0.15, 0.2) is 109 Å². The number of nitrogens with zero attached hydrogens (tertiary/aromatic N) is 3. The lowest BCUT2D eigenvalue weighted by molar-refractivity contribution is 0.412. The quantitative estimate of drug-likeness (QED) is 0.594. The van der Waals surface area contributed by atoms with Gasteiger partial charge in [-0.05, 0) is 68.0 Å². The van der Waals surface area contributed by atoms with Gasteiger partial charge in [-0.1, -0.05) is 13.8 Å². The highest BCUT2D eigenvalue weighted by Crippen LogP contribution is 2.39. The molecule has 0 spiro atoms. The number of hydrogen-bond donors (Lipinski definition) is 2. The molecule has 0 amide bonds. The van der Waals surface area contributed by atoms with E-state index in [1.165, 1.54) is 0 Å². The van der Waals surface area contributed by atoms with Crippen molar-refractivity contribution < 1.29 is 5.11 Å². The second kappa shape index (κ2) is 6.27. The van der Waals surface area contributed by atoms with E-state index >= 15 is 0 Å². The molecule has 144 valence electrons. The molecule has 0 aromatic carbocycles. The fraction of sp³-hybridized carbons (Fsp3) is 0.208. The Balaban J connectivity index is 1.68. The minimum atomic E-state index is -0.0201. The Bertz CT molecular complexity index is 1170. The van der Waals surface area contributed by atoms with E-state index in [1.807, 2.05) is 42.5 Å². The van der Waals surface area contributed by atoms with Crippen molar-refractivity contribution in [1.29, 1.82) is 0 Å². The summed E-state index contributed by atoms with van der Waals surface area (Å²) in [5.74, 6) is 0.248. The molecule has 5 aliphatic heterocycles. The topological polar surface area (TPSA) is 69.3 Å². The number of rotatable bonds is 0. The van der Waals surface area contributed by atoms with E-state index in [1.54, 1.807) is 6.92 Å². The maximum atomic E-state index is 10.1. The van der Waals surface area contributed by atoms with Crippen LogP contribution in [0.1, 0.15) is 27.2 Å². The maximum Gasteiger partial charge on any atom is 0.0986 e. The Kier molecular flexibility index (Phi) is 3.81. The van der Waals surface area contributed by atoms with Crippen LogP contribution in [0.3, 0.4) is 0 Å². The summed E-state index contributed by atoms with van der Waals surface area (Å²) in [7, 11) is 0. The summed E-state index contributed by atoms with van der Waals surface area (Å²) < 4.78 is 0. The lowest BCUT2D eigenvalue weighted by atomic mass is 9.87. The van der Waals surface area contributed by atoms with Crippen molar-refractivity contribution in [3.63, 3.8) is 0 Å². The summed E-state index contributed by atoms with van der Waals surface area (Å²) in [6, 6.07) is 0. The third-order valence-electron chi connectivity index (χ3n) is 5.43. The number of nitrogens with one attached hydrogen (secondary N) is 1. The van der Waals surface area contributed by atoms with Gasteiger partial charge in [-0.25, -0.2) is 15.0 Å². The zero-order valence-corrected chi connectivity index (χ0v) is 16.7. The van der Waals surface area contributed by atoms with Gasteiger partial charge in [0.25, 0.3) is 0 Å². The van der Waals surface area contributed by atoms with E-state index in [9.17, 15) is 5.11 Å². The van der Waals surface area contributed by atoms with Gasteiger partial charge in [0.15, 0.2) is 0 Å². The molecule has 0 aromatic heterocycles. The van der Waals surface area contributed by atoms with Crippen LogP contribution in [-0.2, 0) is 0 Å². The molecule has 8 bridgehead atoms. The summed E-state index contributed by atoms with van der Waals surface area (Å²) >= 11 is 0. The second-order valence-electron chi connectivity index (χ2n) is 8.36. The Labute approximate surface area is 170 Å². The number of aliphatic imine (C=N–C) groups is 3. The molecule has 1 fully saturated rings.